The third-order valence-electron chi connectivity index (χ3n) is 22.7. The van der Waals surface area contributed by atoms with Crippen molar-refractivity contribution in [3.05, 3.63) is 228 Å². The van der Waals surface area contributed by atoms with Crippen LogP contribution in [-0.4, -0.2) is 22.6 Å². The van der Waals surface area contributed by atoms with Crippen molar-refractivity contribution in [3.8, 4) is 78.9 Å². The zero-order valence-corrected chi connectivity index (χ0v) is 58.9. The van der Waals surface area contributed by atoms with Gasteiger partial charge in [-0.15, -0.1) is 0 Å². The minimum atomic E-state index is -0.224. The molecule has 0 spiro atoms. The average Bonchev–Trinajstić information content (AvgIpc) is 1.30. The third kappa shape index (κ3) is 9.16. The Balaban J connectivity index is 1.03. The summed E-state index contributed by atoms with van der Waals surface area (Å²) in [4.78, 5) is 0. The first-order valence-corrected chi connectivity index (χ1v) is 35.4. The first-order chi connectivity index (χ1) is 45.8. The molecule has 4 aliphatic rings. The highest BCUT2D eigenvalue weighted by Gasteiger charge is 2.51. The molecular weight excluding hydrogens is 1160 g/mol. The summed E-state index contributed by atoms with van der Waals surface area (Å²) in [7, 11) is 0. The molecule has 2 aromatic heterocycles. The lowest BCUT2D eigenvalue weighted by Gasteiger charge is -2.41. The van der Waals surface area contributed by atoms with Crippen LogP contribution in [-0.2, 0) is 21.7 Å². The lowest BCUT2D eigenvalue weighted by atomic mass is 9.31. The number of aromatic nitrogens is 2. The van der Waals surface area contributed by atoms with Gasteiger partial charge in [-0.3, -0.25) is 0 Å². The van der Waals surface area contributed by atoms with Gasteiger partial charge >= 0.3 is 0 Å². The predicted molar refractivity (Wildman–Crippen MR) is 411 cm³/mol. The molecule has 2 unspecified atom stereocenters. The summed E-state index contributed by atoms with van der Waals surface area (Å²) >= 11 is 0. The molecule has 0 amide bonds. The number of nitrogens with zero attached hydrogens (tertiary/aromatic N) is 2. The van der Waals surface area contributed by atoms with Gasteiger partial charge in [-0.1, -0.05) is 256 Å². The summed E-state index contributed by atoms with van der Waals surface area (Å²) in [6, 6.07) is 76.2. The highest BCUT2D eigenvalue weighted by atomic mass is 16.5. The highest BCUT2D eigenvalue weighted by Crippen LogP contribution is 2.51. The van der Waals surface area contributed by atoms with Crippen molar-refractivity contribution in [1.29, 1.82) is 0 Å². The van der Waals surface area contributed by atoms with E-state index >= 15 is 0 Å². The van der Waals surface area contributed by atoms with Gasteiger partial charge in [0.15, 0.2) is 0 Å². The standard InChI is InChI=1S/C90H86B2N2O2/c1-17-51(3)57-29-41-77-71(47-57)91-73-49-61(55-23-35-65(36-24-55)89(11,12)13)45-69-67-43-59(53-19-31-63(32-20-53)87(5,6)7)27-39-75(67)93(81(69)73)83-79(91)85(95-77)84-80-86(83)96-78-42-30-58(52(4)18-2)48-72(78)92(80)74-50-62(56-25-37-66(38-26-56)90(14,15)16)46-70-68-44-60(28-40-76(68)94(84)82(70)74)54-21-33-64(34-22-54)88(8,9)10/h19-52H,17-18H2,1-16H3. The van der Waals surface area contributed by atoms with Crippen molar-refractivity contribution in [1.82, 2.24) is 9.13 Å². The molecular formula is C90H86B2N2O2. The summed E-state index contributed by atoms with van der Waals surface area (Å²) in [5, 5.41) is 4.89. The van der Waals surface area contributed by atoms with E-state index in [2.05, 4.69) is 314 Å². The zero-order valence-electron chi connectivity index (χ0n) is 58.9. The van der Waals surface area contributed by atoms with E-state index in [1.807, 2.05) is 0 Å². The maximum atomic E-state index is 8.04. The number of rotatable bonds is 8. The number of ether oxygens (including phenoxy) is 2. The summed E-state index contributed by atoms with van der Waals surface area (Å²) in [6.45, 7) is 36.5. The maximum Gasteiger partial charge on any atom is 0.256 e. The minimum absolute atomic E-state index is 0.0122. The molecule has 0 bridgehead atoms. The highest BCUT2D eigenvalue weighted by molar-refractivity contribution is 7.02. The maximum absolute atomic E-state index is 8.04. The molecule has 2 atom stereocenters. The van der Waals surface area contributed by atoms with Gasteiger partial charge in [0.25, 0.3) is 13.4 Å². The van der Waals surface area contributed by atoms with Crippen molar-refractivity contribution in [2.75, 3.05) is 0 Å². The Morgan fingerprint density at radius 2 is 0.625 bits per heavy atom. The Morgan fingerprint density at radius 3 is 0.938 bits per heavy atom. The Bertz CT molecular complexity index is 5080. The van der Waals surface area contributed by atoms with Crippen molar-refractivity contribution in [3.63, 3.8) is 0 Å². The second-order valence-corrected chi connectivity index (χ2v) is 32.8. The molecule has 0 fully saturated rings. The van der Waals surface area contributed by atoms with Gasteiger partial charge in [-0.25, -0.2) is 0 Å². The van der Waals surface area contributed by atoms with Crippen LogP contribution in [0.4, 0.5) is 0 Å². The van der Waals surface area contributed by atoms with Gasteiger partial charge in [0.05, 0.1) is 22.4 Å². The number of hydrogen-bond donors (Lipinski definition) is 0. The van der Waals surface area contributed by atoms with Gasteiger partial charge in [0.2, 0.25) is 0 Å². The van der Waals surface area contributed by atoms with Crippen LogP contribution in [0.3, 0.4) is 0 Å². The van der Waals surface area contributed by atoms with E-state index in [9.17, 15) is 0 Å². The quantitative estimate of drug-likeness (QED) is 0.142. The summed E-state index contributed by atoms with van der Waals surface area (Å²) in [5.41, 5.74) is 31.7. The van der Waals surface area contributed by atoms with Gasteiger partial charge in [0.1, 0.15) is 23.0 Å². The lowest BCUT2D eigenvalue weighted by molar-refractivity contribution is 0.472. The van der Waals surface area contributed by atoms with Crippen LogP contribution in [0.1, 0.15) is 169 Å². The smallest absolute Gasteiger partial charge is 0.256 e. The normalized spacial score (nSPS) is 14.4. The van der Waals surface area contributed by atoms with E-state index in [4.69, 9.17) is 9.47 Å². The van der Waals surface area contributed by atoms with E-state index in [0.29, 0.717) is 11.8 Å². The predicted octanol–water partition coefficient (Wildman–Crippen LogP) is 20.6. The fraction of sp³-hybridized carbons (Fsp3) is 0.267. The Morgan fingerprint density at radius 1 is 0.323 bits per heavy atom. The zero-order chi connectivity index (χ0) is 66.5. The SMILES string of the molecule is CCC(C)c1ccc2c(c1)B1c3c(c4c5c(c3-n3c6ccc(-c7ccc(C(C)(C)C)cc7)cc6c6cc(-c7ccc(C(C)(C)C)cc7)cc1c63)Oc1ccc(C(C)CC)cc1B5c1cc(-c3ccc(C(C)(C)C)cc3)cc3c5cc(-c6ccc(C(C)(C)C)cc6)ccc5n-4c13)O2. The van der Waals surface area contributed by atoms with Crippen molar-refractivity contribution in [2.45, 2.75) is 157 Å². The van der Waals surface area contributed by atoms with Crippen molar-refractivity contribution < 1.29 is 9.47 Å². The Labute approximate surface area is 568 Å². The number of fused-ring (bicyclic) bond motifs is 16. The van der Waals surface area contributed by atoms with E-state index in [1.165, 1.54) is 132 Å². The van der Waals surface area contributed by atoms with E-state index in [-0.39, 0.29) is 35.1 Å². The van der Waals surface area contributed by atoms with E-state index in [1.54, 1.807) is 0 Å². The summed E-state index contributed by atoms with van der Waals surface area (Å²) in [5.74, 6) is 4.30. The lowest BCUT2D eigenvalue weighted by Crippen LogP contribution is -2.63. The molecule has 13 aromatic rings. The minimum Gasteiger partial charge on any atom is -0.456 e. The largest absolute Gasteiger partial charge is 0.456 e. The number of hydrogen-bond acceptors (Lipinski definition) is 2. The molecule has 0 N–H and O–H groups in total. The first-order valence-electron chi connectivity index (χ1n) is 35.4. The summed E-state index contributed by atoms with van der Waals surface area (Å²) < 4.78 is 21.3. The van der Waals surface area contributed by atoms with Crippen LogP contribution >= 0.6 is 0 Å². The molecule has 0 saturated heterocycles. The monoisotopic (exact) mass is 1250 g/mol. The molecule has 0 saturated carbocycles. The van der Waals surface area contributed by atoms with Gasteiger partial charge in [0, 0.05) is 43.5 Å². The Kier molecular flexibility index (Phi) is 13.3. The van der Waals surface area contributed by atoms with Gasteiger partial charge < -0.3 is 18.6 Å². The fourth-order valence-corrected chi connectivity index (χ4v) is 16.5. The second-order valence-electron chi connectivity index (χ2n) is 32.8. The molecule has 6 heteroatoms. The van der Waals surface area contributed by atoms with Crippen LogP contribution in [0.5, 0.6) is 23.0 Å². The third-order valence-corrected chi connectivity index (χ3v) is 22.7. The van der Waals surface area contributed by atoms with Crippen LogP contribution in [0.15, 0.2) is 194 Å². The molecule has 0 aliphatic carbocycles. The molecule has 4 nitrogen and oxygen atoms in total. The topological polar surface area (TPSA) is 28.3 Å². The first kappa shape index (κ1) is 60.4. The van der Waals surface area contributed by atoms with Crippen LogP contribution in [0.2, 0.25) is 0 Å². The average molecular weight is 1250 g/mol. The second kappa shape index (κ2) is 21.1. The molecule has 4 aliphatic heterocycles. The van der Waals surface area contributed by atoms with Gasteiger partial charge in [-0.2, -0.15) is 0 Å². The molecule has 474 valence electrons. The molecule has 6 heterocycles. The van der Waals surface area contributed by atoms with Crippen LogP contribution < -0.4 is 42.3 Å². The molecule has 17 rings (SSSR count). The van der Waals surface area contributed by atoms with Crippen LogP contribution in [0.25, 0.3) is 99.5 Å². The van der Waals surface area contributed by atoms with Crippen molar-refractivity contribution in [2.24, 2.45) is 0 Å². The Hall–Kier alpha value is -9.25. The molecule has 0 radical (unpaired) electrons. The number of benzene rings is 11. The van der Waals surface area contributed by atoms with Crippen LogP contribution in [0, 0.1) is 0 Å². The van der Waals surface area contributed by atoms with Crippen molar-refractivity contribution >= 4 is 89.8 Å². The van der Waals surface area contributed by atoms with E-state index < -0.39 is 0 Å². The molecule has 96 heavy (non-hydrogen) atoms. The fourth-order valence-electron chi connectivity index (χ4n) is 16.5. The van der Waals surface area contributed by atoms with E-state index in [0.717, 1.165) is 69.2 Å². The molecule has 11 aromatic carbocycles. The van der Waals surface area contributed by atoms with Gasteiger partial charge in [-0.05, 0) is 195 Å². The summed E-state index contributed by atoms with van der Waals surface area (Å²) in [6.07, 6.45) is 2.06.